The maximum Gasteiger partial charge on any atom is 0.416 e. The molecule has 27 heavy (non-hydrogen) atoms. The van der Waals surface area contributed by atoms with Crippen LogP contribution in [-0.2, 0) is 15.7 Å². The van der Waals surface area contributed by atoms with Gasteiger partial charge in [0.15, 0.2) is 5.82 Å². The summed E-state index contributed by atoms with van der Waals surface area (Å²) in [7, 11) is 0. The lowest BCUT2D eigenvalue weighted by atomic mass is 9.86. The summed E-state index contributed by atoms with van der Waals surface area (Å²) in [6.45, 7) is 5.58. The van der Waals surface area contributed by atoms with E-state index in [1.807, 2.05) is 13.8 Å². The summed E-state index contributed by atoms with van der Waals surface area (Å²) in [5.74, 6) is -1.08. The Bertz CT molecular complexity index is 871. The van der Waals surface area contributed by atoms with Crippen LogP contribution in [0.4, 0.5) is 19.0 Å². The summed E-state index contributed by atoms with van der Waals surface area (Å²) in [4.78, 5) is 17.1. The van der Waals surface area contributed by atoms with E-state index in [1.165, 1.54) is 29.1 Å². The molecule has 1 aromatic carbocycles. The van der Waals surface area contributed by atoms with Crippen LogP contribution in [0.25, 0.3) is 0 Å². The Balaban J connectivity index is 2.12. The van der Waals surface area contributed by atoms with Crippen molar-refractivity contribution in [2.75, 3.05) is 6.61 Å². The standard InChI is InChI=1S/C19H20F3N3O2/c1-11(2)10-27-18(26)16-12(3)24-15-8-9-23-25(15)17(16)13-6-4-5-7-14(13)19(20,21)22/h4-9,11,16-17H,10H2,1-3H3. The van der Waals surface area contributed by atoms with Gasteiger partial charge in [0, 0.05) is 11.8 Å². The molecule has 2 atom stereocenters. The summed E-state index contributed by atoms with van der Waals surface area (Å²) >= 11 is 0. The highest BCUT2D eigenvalue weighted by molar-refractivity contribution is 6.03. The van der Waals surface area contributed by atoms with Crippen molar-refractivity contribution >= 4 is 17.5 Å². The van der Waals surface area contributed by atoms with Crippen molar-refractivity contribution in [3.05, 3.63) is 47.7 Å². The molecule has 2 aromatic rings. The molecule has 1 aliphatic heterocycles. The Labute approximate surface area is 154 Å². The predicted octanol–water partition coefficient (Wildman–Crippen LogP) is 4.41. The van der Waals surface area contributed by atoms with Crippen molar-refractivity contribution in [1.29, 1.82) is 0 Å². The number of benzene rings is 1. The number of nitrogens with zero attached hydrogens (tertiary/aromatic N) is 3. The number of aromatic nitrogens is 2. The van der Waals surface area contributed by atoms with Gasteiger partial charge in [0.2, 0.25) is 0 Å². The van der Waals surface area contributed by atoms with Crippen molar-refractivity contribution in [3.63, 3.8) is 0 Å². The van der Waals surface area contributed by atoms with E-state index >= 15 is 0 Å². The quantitative estimate of drug-likeness (QED) is 0.740. The first kappa shape index (κ1) is 19.1. The molecule has 0 saturated heterocycles. The number of ether oxygens (including phenoxy) is 1. The Morgan fingerprint density at radius 1 is 1.26 bits per heavy atom. The van der Waals surface area contributed by atoms with Crippen LogP contribution in [-0.4, -0.2) is 28.1 Å². The minimum Gasteiger partial charge on any atom is -0.465 e. The summed E-state index contributed by atoms with van der Waals surface area (Å²) < 4.78 is 47.5. The Hall–Kier alpha value is -2.64. The second kappa shape index (κ2) is 7.17. The van der Waals surface area contributed by atoms with Gasteiger partial charge in [0.1, 0.15) is 5.92 Å². The molecule has 8 heteroatoms. The van der Waals surface area contributed by atoms with Gasteiger partial charge in [-0.2, -0.15) is 18.3 Å². The van der Waals surface area contributed by atoms with Crippen LogP contribution < -0.4 is 0 Å². The van der Waals surface area contributed by atoms with Crippen molar-refractivity contribution < 1.29 is 22.7 Å². The molecule has 0 bridgehead atoms. The second-order valence-electron chi connectivity index (χ2n) is 6.92. The van der Waals surface area contributed by atoms with Crippen LogP contribution >= 0.6 is 0 Å². The summed E-state index contributed by atoms with van der Waals surface area (Å²) in [6, 6.07) is 5.85. The number of fused-ring (bicyclic) bond motifs is 1. The fourth-order valence-electron chi connectivity index (χ4n) is 3.19. The first-order valence-corrected chi connectivity index (χ1v) is 8.61. The van der Waals surface area contributed by atoms with Crippen molar-refractivity contribution in [1.82, 2.24) is 9.78 Å². The van der Waals surface area contributed by atoms with Crippen molar-refractivity contribution in [3.8, 4) is 0 Å². The third-order valence-corrected chi connectivity index (χ3v) is 4.37. The first-order chi connectivity index (χ1) is 12.7. The van der Waals surface area contributed by atoms with Crippen LogP contribution in [0, 0.1) is 11.8 Å². The second-order valence-corrected chi connectivity index (χ2v) is 6.92. The largest absolute Gasteiger partial charge is 0.465 e. The third-order valence-electron chi connectivity index (χ3n) is 4.37. The van der Waals surface area contributed by atoms with Gasteiger partial charge in [-0.25, -0.2) is 9.67 Å². The molecule has 0 N–H and O–H groups in total. The minimum atomic E-state index is -4.56. The van der Waals surface area contributed by atoms with Gasteiger partial charge in [-0.15, -0.1) is 0 Å². The van der Waals surface area contributed by atoms with E-state index < -0.39 is 29.7 Å². The molecular weight excluding hydrogens is 359 g/mol. The first-order valence-electron chi connectivity index (χ1n) is 8.61. The molecule has 0 aliphatic carbocycles. The highest BCUT2D eigenvalue weighted by Crippen LogP contribution is 2.42. The molecule has 144 valence electrons. The van der Waals surface area contributed by atoms with E-state index in [0.29, 0.717) is 11.5 Å². The molecule has 2 heterocycles. The maximum absolute atomic E-state index is 13.6. The third kappa shape index (κ3) is 3.74. The number of alkyl halides is 3. The van der Waals surface area contributed by atoms with E-state index in [9.17, 15) is 18.0 Å². The number of hydrogen-bond acceptors (Lipinski definition) is 4. The fourth-order valence-corrected chi connectivity index (χ4v) is 3.19. The van der Waals surface area contributed by atoms with Crippen LogP contribution in [0.15, 0.2) is 41.5 Å². The molecule has 0 spiro atoms. The van der Waals surface area contributed by atoms with Crippen LogP contribution in [0.5, 0.6) is 0 Å². The molecule has 0 saturated carbocycles. The molecule has 0 fully saturated rings. The fraction of sp³-hybridized carbons (Fsp3) is 0.421. The molecule has 5 nitrogen and oxygen atoms in total. The Morgan fingerprint density at radius 3 is 2.63 bits per heavy atom. The number of halogens is 3. The number of aliphatic imine (C=N–C) groups is 1. The number of hydrogen-bond donors (Lipinski definition) is 0. The monoisotopic (exact) mass is 379 g/mol. The summed E-state index contributed by atoms with van der Waals surface area (Å²) in [5.41, 5.74) is -0.428. The van der Waals surface area contributed by atoms with E-state index in [2.05, 4.69) is 10.1 Å². The summed E-state index contributed by atoms with van der Waals surface area (Å²) in [6.07, 6.45) is -3.10. The molecule has 3 rings (SSSR count). The lowest BCUT2D eigenvalue weighted by Crippen LogP contribution is -2.38. The Kier molecular flexibility index (Phi) is 5.08. The number of carbonyl (C=O) groups is 1. The average Bonchev–Trinajstić information content (AvgIpc) is 3.05. The SMILES string of the molecule is CC1=Nc2ccnn2C(c2ccccc2C(F)(F)F)C1C(=O)OCC(C)C. The average molecular weight is 379 g/mol. The lowest BCUT2D eigenvalue weighted by molar-refractivity contribution is -0.149. The molecule has 1 aliphatic rings. The van der Waals surface area contributed by atoms with Crippen LogP contribution in [0.3, 0.4) is 0 Å². The minimum absolute atomic E-state index is 0.0318. The highest BCUT2D eigenvalue weighted by Gasteiger charge is 2.43. The van der Waals surface area contributed by atoms with E-state index in [1.54, 1.807) is 13.0 Å². The zero-order chi connectivity index (χ0) is 19.8. The van der Waals surface area contributed by atoms with Gasteiger partial charge in [0.05, 0.1) is 24.4 Å². The Morgan fingerprint density at radius 2 is 1.96 bits per heavy atom. The van der Waals surface area contributed by atoms with Gasteiger partial charge in [-0.05, 0) is 24.5 Å². The van der Waals surface area contributed by atoms with Gasteiger partial charge >= 0.3 is 12.1 Å². The van der Waals surface area contributed by atoms with Crippen molar-refractivity contribution in [2.24, 2.45) is 16.8 Å². The zero-order valence-electron chi connectivity index (χ0n) is 15.2. The molecule has 2 unspecified atom stereocenters. The zero-order valence-corrected chi connectivity index (χ0v) is 15.2. The predicted molar refractivity (Wildman–Crippen MR) is 93.9 cm³/mol. The molecule has 0 amide bonds. The van der Waals surface area contributed by atoms with Crippen LogP contribution in [0.2, 0.25) is 0 Å². The maximum atomic E-state index is 13.6. The topological polar surface area (TPSA) is 56.5 Å². The molecular formula is C19H20F3N3O2. The number of esters is 1. The van der Waals surface area contributed by atoms with Gasteiger partial charge in [-0.1, -0.05) is 32.0 Å². The smallest absolute Gasteiger partial charge is 0.416 e. The van der Waals surface area contributed by atoms with E-state index in [0.717, 1.165) is 6.07 Å². The van der Waals surface area contributed by atoms with Gasteiger partial charge < -0.3 is 4.74 Å². The van der Waals surface area contributed by atoms with E-state index in [4.69, 9.17) is 4.74 Å². The van der Waals surface area contributed by atoms with E-state index in [-0.39, 0.29) is 18.1 Å². The van der Waals surface area contributed by atoms with Crippen molar-refractivity contribution in [2.45, 2.75) is 33.0 Å². The lowest BCUT2D eigenvalue weighted by Gasteiger charge is -2.32. The number of rotatable bonds is 4. The number of carbonyl (C=O) groups excluding carboxylic acids is 1. The molecule has 1 aromatic heterocycles. The summed E-state index contributed by atoms with van der Waals surface area (Å²) in [5, 5.41) is 4.13. The molecule has 0 radical (unpaired) electrons. The van der Waals surface area contributed by atoms with Crippen LogP contribution in [0.1, 0.15) is 37.9 Å². The highest BCUT2D eigenvalue weighted by atomic mass is 19.4. The normalized spacial score (nSPS) is 19.6. The van der Waals surface area contributed by atoms with Gasteiger partial charge in [0.25, 0.3) is 0 Å². The van der Waals surface area contributed by atoms with Gasteiger partial charge in [-0.3, -0.25) is 4.79 Å².